The number of rotatable bonds is 6. The van der Waals surface area contributed by atoms with Crippen LogP contribution in [-0.2, 0) is 16.0 Å². The maximum Gasteiger partial charge on any atom is 0.159 e. The third-order valence-corrected chi connectivity index (χ3v) is 2.71. The Bertz CT molecular complexity index is 337. The van der Waals surface area contributed by atoms with E-state index in [2.05, 4.69) is 11.4 Å². The summed E-state index contributed by atoms with van der Waals surface area (Å²) in [6.45, 7) is 3.17. The Morgan fingerprint density at radius 3 is 2.94 bits per heavy atom. The van der Waals surface area contributed by atoms with Crippen molar-refractivity contribution in [3.63, 3.8) is 0 Å². The lowest BCUT2D eigenvalue weighted by Gasteiger charge is -2.10. The molecule has 1 aliphatic heterocycles. The standard InChI is InChI=1S/C13H19NO3/c1-15-12-4-2-3-11(9-12)10-14-6-5-13-16-7-8-17-13/h2-4,9,13-14H,5-8,10H2,1H3. The number of benzene rings is 1. The zero-order valence-corrected chi connectivity index (χ0v) is 10.1. The topological polar surface area (TPSA) is 39.7 Å². The zero-order valence-electron chi connectivity index (χ0n) is 10.1. The molecule has 1 heterocycles. The van der Waals surface area contributed by atoms with Gasteiger partial charge < -0.3 is 19.5 Å². The summed E-state index contributed by atoms with van der Waals surface area (Å²) in [6.07, 6.45) is 0.872. The van der Waals surface area contributed by atoms with Crippen LogP contribution < -0.4 is 10.1 Å². The summed E-state index contributed by atoms with van der Waals surface area (Å²) in [6, 6.07) is 8.07. The number of hydrogen-bond acceptors (Lipinski definition) is 4. The van der Waals surface area contributed by atoms with Crippen LogP contribution in [0.2, 0.25) is 0 Å². The molecular weight excluding hydrogens is 218 g/mol. The molecule has 0 amide bonds. The molecule has 2 rings (SSSR count). The highest BCUT2D eigenvalue weighted by molar-refractivity contribution is 5.28. The first-order chi connectivity index (χ1) is 8.38. The van der Waals surface area contributed by atoms with E-state index in [0.717, 1.165) is 38.5 Å². The van der Waals surface area contributed by atoms with Crippen LogP contribution in [0.3, 0.4) is 0 Å². The first-order valence-electron chi connectivity index (χ1n) is 5.95. The molecule has 1 aromatic rings. The van der Waals surface area contributed by atoms with Crippen LogP contribution in [0, 0.1) is 0 Å². The molecule has 94 valence electrons. The van der Waals surface area contributed by atoms with Crippen molar-refractivity contribution in [2.75, 3.05) is 26.9 Å². The van der Waals surface area contributed by atoms with E-state index in [1.54, 1.807) is 7.11 Å². The minimum absolute atomic E-state index is 0.0205. The van der Waals surface area contributed by atoms with E-state index < -0.39 is 0 Å². The van der Waals surface area contributed by atoms with Crippen LogP contribution in [0.4, 0.5) is 0 Å². The lowest BCUT2D eigenvalue weighted by atomic mass is 10.2. The molecule has 1 aromatic carbocycles. The maximum atomic E-state index is 5.36. The van der Waals surface area contributed by atoms with E-state index in [1.807, 2.05) is 18.2 Å². The van der Waals surface area contributed by atoms with Crippen molar-refractivity contribution in [1.29, 1.82) is 0 Å². The highest BCUT2D eigenvalue weighted by atomic mass is 16.7. The Kier molecular flexibility index (Phi) is 4.79. The Hall–Kier alpha value is -1.10. The molecule has 1 saturated heterocycles. The number of nitrogens with one attached hydrogen (secondary N) is 1. The van der Waals surface area contributed by atoms with Gasteiger partial charge in [-0.1, -0.05) is 12.1 Å². The first-order valence-corrected chi connectivity index (χ1v) is 5.95. The second kappa shape index (κ2) is 6.59. The van der Waals surface area contributed by atoms with Crippen LogP contribution in [0.15, 0.2) is 24.3 Å². The van der Waals surface area contributed by atoms with Crippen molar-refractivity contribution in [2.45, 2.75) is 19.3 Å². The van der Waals surface area contributed by atoms with Gasteiger partial charge in [-0.25, -0.2) is 0 Å². The highest BCUT2D eigenvalue weighted by Crippen LogP contribution is 2.12. The summed E-state index contributed by atoms with van der Waals surface area (Å²) in [4.78, 5) is 0. The average molecular weight is 237 g/mol. The molecular formula is C13H19NO3. The Labute approximate surface area is 102 Å². The van der Waals surface area contributed by atoms with Crippen LogP contribution >= 0.6 is 0 Å². The predicted octanol–water partition coefficient (Wildman–Crippen LogP) is 1.55. The van der Waals surface area contributed by atoms with Gasteiger partial charge in [-0.2, -0.15) is 0 Å². The van der Waals surface area contributed by atoms with E-state index in [1.165, 1.54) is 5.56 Å². The molecule has 17 heavy (non-hydrogen) atoms. The molecule has 0 unspecified atom stereocenters. The lowest BCUT2D eigenvalue weighted by Crippen LogP contribution is -2.20. The summed E-state index contributed by atoms with van der Waals surface area (Å²) >= 11 is 0. The smallest absolute Gasteiger partial charge is 0.159 e. The lowest BCUT2D eigenvalue weighted by molar-refractivity contribution is -0.0459. The Balaban J connectivity index is 1.66. The summed E-state index contributed by atoms with van der Waals surface area (Å²) in [7, 11) is 1.68. The van der Waals surface area contributed by atoms with Crippen LogP contribution in [0.25, 0.3) is 0 Å². The molecule has 0 aromatic heterocycles. The van der Waals surface area contributed by atoms with Crippen molar-refractivity contribution in [2.24, 2.45) is 0 Å². The van der Waals surface area contributed by atoms with E-state index in [0.29, 0.717) is 0 Å². The molecule has 0 bridgehead atoms. The fourth-order valence-electron chi connectivity index (χ4n) is 1.81. The summed E-state index contributed by atoms with van der Waals surface area (Å²) in [5.74, 6) is 0.895. The van der Waals surface area contributed by atoms with E-state index in [9.17, 15) is 0 Å². The molecule has 0 aliphatic carbocycles. The van der Waals surface area contributed by atoms with Crippen LogP contribution in [0.5, 0.6) is 5.75 Å². The van der Waals surface area contributed by atoms with Crippen molar-refractivity contribution in [3.8, 4) is 5.75 Å². The van der Waals surface area contributed by atoms with Gasteiger partial charge in [0, 0.05) is 19.5 Å². The van der Waals surface area contributed by atoms with E-state index >= 15 is 0 Å². The molecule has 0 radical (unpaired) electrons. The second-order valence-corrected chi connectivity index (χ2v) is 3.99. The van der Waals surface area contributed by atoms with E-state index in [-0.39, 0.29) is 6.29 Å². The quantitative estimate of drug-likeness (QED) is 0.762. The van der Waals surface area contributed by atoms with Gasteiger partial charge in [0.15, 0.2) is 6.29 Å². The molecule has 4 nitrogen and oxygen atoms in total. The highest BCUT2D eigenvalue weighted by Gasteiger charge is 2.14. The van der Waals surface area contributed by atoms with Crippen LogP contribution in [0.1, 0.15) is 12.0 Å². The van der Waals surface area contributed by atoms with Gasteiger partial charge in [0.05, 0.1) is 20.3 Å². The van der Waals surface area contributed by atoms with Gasteiger partial charge in [-0.15, -0.1) is 0 Å². The average Bonchev–Trinajstić information content (AvgIpc) is 2.88. The van der Waals surface area contributed by atoms with Crippen molar-refractivity contribution in [1.82, 2.24) is 5.32 Å². The van der Waals surface area contributed by atoms with Gasteiger partial charge in [0.25, 0.3) is 0 Å². The monoisotopic (exact) mass is 237 g/mol. The number of hydrogen-bond donors (Lipinski definition) is 1. The van der Waals surface area contributed by atoms with Gasteiger partial charge in [-0.3, -0.25) is 0 Å². The summed E-state index contributed by atoms with van der Waals surface area (Å²) in [5.41, 5.74) is 1.22. The Morgan fingerprint density at radius 1 is 1.35 bits per heavy atom. The molecule has 4 heteroatoms. The molecule has 0 saturated carbocycles. The molecule has 1 fully saturated rings. The normalized spacial score (nSPS) is 16.3. The maximum absolute atomic E-state index is 5.36. The summed E-state index contributed by atoms with van der Waals surface area (Å²) < 4.78 is 15.9. The Morgan fingerprint density at radius 2 is 2.18 bits per heavy atom. The molecule has 0 spiro atoms. The largest absolute Gasteiger partial charge is 0.497 e. The predicted molar refractivity (Wildman–Crippen MR) is 65.0 cm³/mol. The minimum atomic E-state index is -0.0205. The fraction of sp³-hybridized carbons (Fsp3) is 0.538. The van der Waals surface area contributed by atoms with Crippen molar-refractivity contribution < 1.29 is 14.2 Å². The van der Waals surface area contributed by atoms with Gasteiger partial charge >= 0.3 is 0 Å². The number of ether oxygens (including phenoxy) is 3. The molecule has 1 aliphatic rings. The fourth-order valence-corrected chi connectivity index (χ4v) is 1.81. The molecule has 0 atom stereocenters. The minimum Gasteiger partial charge on any atom is -0.497 e. The van der Waals surface area contributed by atoms with Gasteiger partial charge in [-0.05, 0) is 17.7 Å². The third-order valence-electron chi connectivity index (χ3n) is 2.71. The third kappa shape index (κ3) is 4.00. The van der Waals surface area contributed by atoms with Crippen molar-refractivity contribution >= 4 is 0 Å². The van der Waals surface area contributed by atoms with Crippen LogP contribution in [-0.4, -0.2) is 33.2 Å². The number of methoxy groups -OCH3 is 1. The van der Waals surface area contributed by atoms with Crippen molar-refractivity contribution in [3.05, 3.63) is 29.8 Å². The molecule has 1 N–H and O–H groups in total. The summed E-state index contributed by atoms with van der Waals surface area (Å²) in [5, 5.41) is 3.36. The second-order valence-electron chi connectivity index (χ2n) is 3.99. The first kappa shape index (κ1) is 12.4. The van der Waals surface area contributed by atoms with Gasteiger partial charge in [0.1, 0.15) is 5.75 Å². The zero-order chi connectivity index (χ0) is 11.9. The van der Waals surface area contributed by atoms with Gasteiger partial charge in [0.2, 0.25) is 0 Å². The SMILES string of the molecule is COc1cccc(CNCCC2OCCO2)c1. The van der Waals surface area contributed by atoms with E-state index in [4.69, 9.17) is 14.2 Å².